The molecule has 0 aliphatic rings. The maximum atomic E-state index is 11.7. The zero-order valence-electron chi connectivity index (χ0n) is 10.1. The maximum absolute atomic E-state index is 11.7. The van der Waals surface area contributed by atoms with Gasteiger partial charge in [0.1, 0.15) is 0 Å². The van der Waals surface area contributed by atoms with Crippen LogP contribution in [0.1, 0.15) is 33.1 Å². The van der Waals surface area contributed by atoms with Gasteiger partial charge in [0.2, 0.25) is 0 Å². The van der Waals surface area contributed by atoms with Crippen LogP contribution >= 0.6 is 12.4 Å². The number of halogens is 2. The third-order valence-corrected chi connectivity index (χ3v) is 2.13. The monoisotopic (exact) mass is 255 g/mol. The third-order valence-electron chi connectivity index (χ3n) is 2.13. The smallest absolute Gasteiger partial charge is 0.306 e. The van der Waals surface area contributed by atoms with Crippen LogP contribution in [0.25, 0.3) is 0 Å². The minimum Gasteiger partial charge on any atom is -0.466 e. The van der Waals surface area contributed by atoms with Crippen LogP contribution in [0, 0.1) is 11.8 Å². The van der Waals surface area contributed by atoms with Crippen molar-refractivity contribution in [3.05, 3.63) is 0 Å². The molecule has 0 unspecified atom stereocenters. The second-order valence-electron chi connectivity index (χ2n) is 4.20. The molecule has 0 fully saturated rings. The van der Waals surface area contributed by atoms with Crippen LogP contribution in [0.2, 0.25) is 0 Å². The number of ether oxygens (including phenoxy) is 1. The first-order valence-electron chi connectivity index (χ1n) is 5.51. The molecular formula is C11H23ClFNO2. The Morgan fingerprint density at radius 2 is 2.06 bits per heavy atom. The number of alkyl halides is 1. The number of hydrogen-bond donors (Lipinski definition) is 1. The van der Waals surface area contributed by atoms with Crippen LogP contribution in [0.5, 0.6) is 0 Å². The summed E-state index contributed by atoms with van der Waals surface area (Å²) >= 11 is 0. The van der Waals surface area contributed by atoms with Crippen LogP contribution in [0.3, 0.4) is 0 Å². The lowest BCUT2D eigenvalue weighted by atomic mass is 9.94. The zero-order chi connectivity index (χ0) is 11.7. The minimum atomic E-state index is -0.445. The topological polar surface area (TPSA) is 52.3 Å². The number of rotatable bonds is 8. The predicted molar refractivity (Wildman–Crippen MR) is 65.4 cm³/mol. The van der Waals surface area contributed by atoms with E-state index < -0.39 is 6.67 Å². The van der Waals surface area contributed by atoms with Crippen LogP contribution in [-0.2, 0) is 9.53 Å². The molecular weight excluding hydrogens is 233 g/mol. The molecule has 0 bridgehead atoms. The fraction of sp³-hybridized carbons (Fsp3) is 0.909. The first-order chi connectivity index (χ1) is 7.10. The highest BCUT2D eigenvalue weighted by molar-refractivity contribution is 5.85. The second kappa shape index (κ2) is 11.1. The molecule has 2 N–H and O–H groups in total. The molecule has 0 aliphatic heterocycles. The SMILES string of the molecule is CC(C)C[C@H](CN)CC(=O)OCCCF.Cl. The Hall–Kier alpha value is -0.350. The fourth-order valence-electron chi connectivity index (χ4n) is 1.46. The van der Waals surface area contributed by atoms with E-state index in [2.05, 4.69) is 13.8 Å². The molecule has 0 aromatic carbocycles. The molecule has 1 atom stereocenters. The summed E-state index contributed by atoms with van der Waals surface area (Å²) in [4.78, 5) is 11.3. The Kier molecular flexibility index (Phi) is 12.6. The van der Waals surface area contributed by atoms with E-state index in [1.165, 1.54) is 0 Å². The third kappa shape index (κ3) is 10.2. The highest BCUT2D eigenvalue weighted by Crippen LogP contribution is 2.14. The summed E-state index contributed by atoms with van der Waals surface area (Å²) in [5, 5.41) is 0. The average molecular weight is 256 g/mol. The summed E-state index contributed by atoms with van der Waals surface area (Å²) in [6, 6.07) is 0. The lowest BCUT2D eigenvalue weighted by molar-refractivity contribution is -0.145. The predicted octanol–water partition coefficient (Wildman–Crippen LogP) is 2.32. The maximum Gasteiger partial charge on any atom is 0.306 e. The highest BCUT2D eigenvalue weighted by Gasteiger charge is 2.14. The van der Waals surface area contributed by atoms with E-state index in [0.717, 1.165) is 6.42 Å². The number of nitrogens with two attached hydrogens (primary N) is 1. The summed E-state index contributed by atoms with van der Waals surface area (Å²) < 4.78 is 16.6. The van der Waals surface area contributed by atoms with Gasteiger partial charge in [-0.15, -0.1) is 12.4 Å². The molecule has 0 heterocycles. The Morgan fingerprint density at radius 1 is 1.44 bits per heavy atom. The van der Waals surface area contributed by atoms with Crippen molar-refractivity contribution in [3.63, 3.8) is 0 Å². The number of esters is 1. The Bertz CT molecular complexity index is 179. The van der Waals surface area contributed by atoms with Crippen molar-refractivity contribution in [2.24, 2.45) is 17.6 Å². The van der Waals surface area contributed by atoms with E-state index in [0.29, 0.717) is 18.9 Å². The van der Waals surface area contributed by atoms with Gasteiger partial charge in [0.15, 0.2) is 0 Å². The van der Waals surface area contributed by atoms with Gasteiger partial charge < -0.3 is 10.5 Å². The molecule has 0 aliphatic carbocycles. The molecule has 0 spiro atoms. The molecule has 0 saturated carbocycles. The molecule has 16 heavy (non-hydrogen) atoms. The molecule has 3 nitrogen and oxygen atoms in total. The summed E-state index contributed by atoms with van der Waals surface area (Å²) in [5.41, 5.74) is 5.56. The molecule has 0 amide bonds. The average Bonchev–Trinajstić information content (AvgIpc) is 2.16. The number of carbonyl (C=O) groups excluding carboxylic acids is 1. The Labute approximate surface area is 103 Å². The lowest BCUT2D eigenvalue weighted by Crippen LogP contribution is -2.21. The number of hydrogen-bond acceptors (Lipinski definition) is 3. The van der Waals surface area contributed by atoms with Crippen molar-refractivity contribution in [1.29, 1.82) is 0 Å². The zero-order valence-corrected chi connectivity index (χ0v) is 10.9. The van der Waals surface area contributed by atoms with Crippen molar-refractivity contribution in [2.45, 2.75) is 33.1 Å². The number of carbonyl (C=O) groups is 1. The van der Waals surface area contributed by atoms with E-state index in [1.54, 1.807) is 0 Å². The van der Waals surface area contributed by atoms with Crippen molar-refractivity contribution < 1.29 is 13.9 Å². The van der Waals surface area contributed by atoms with Gasteiger partial charge in [-0.2, -0.15) is 0 Å². The molecule has 0 aromatic rings. The molecule has 98 valence electrons. The van der Waals surface area contributed by atoms with Gasteiger partial charge in [-0.25, -0.2) is 0 Å². The van der Waals surface area contributed by atoms with E-state index in [-0.39, 0.29) is 37.3 Å². The van der Waals surface area contributed by atoms with E-state index in [9.17, 15) is 9.18 Å². The first kappa shape index (κ1) is 18.0. The van der Waals surface area contributed by atoms with E-state index in [4.69, 9.17) is 10.5 Å². The van der Waals surface area contributed by atoms with Crippen LogP contribution in [0.15, 0.2) is 0 Å². The largest absolute Gasteiger partial charge is 0.466 e. The fourth-order valence-corrected chi connectivity index (χ4v) is 1.46. The van der Waals surface area contributed by atoms with Crippen LogP contribution in [0.4, 0.5) is 4.39 Å². The quantitative estimate of drug-likeness (QED) is 0.535. The van der Waals surface area contributed by atoms with Crippen molar-refractivity contribution in [3.8, 4) is 0 Å². The summed E-state index contributed by atoms with van der Waals surface area (Å²) in [7, 11) is 0. The van der Waals surface area contributed by atoms with E-state index in [1.807, 2.05) is 0 Å². The van der Waals surface area contributed by atoms with Gasteiger partial charge in [0, 0.05) is 12.8 Å². The van der Waals surface area contributed by atoms with Gasteiger partial charge in [-0.05, 0) is 24.8 Å². The van der Waals surface area contributed by atoms with Crippen molar-refractivity contribution in [1.82, 2.24) is 0 Å². The minimum absolute atomic E-state index is 0. The first-order valence-corrected chi connectivity index (χ1v) is 5.51. The standard InChI is InChI=1S/C11H22FNO2.ClH/c1-9(2)6-10(8-13)7-11(14)15-5-3-4-12;/h9-10H,3-8,13H2,1-2H3;1H/t10-;/m0./s1. The molecule has 0 aromatic heterocycles. The van der Waals surface area contributed by atoms with Gasteiger partial charge in [-0.3, -0.25) is 9.18 Å². The van der Waals surface area contributed by atoms with Crippen LogP contribution < -0.4 is 5.73 Å². The second-order valence-corrected chi connectivity index (χ2v) is 4.20. The molecule has 0 rings (SSSR count). The summed E-state index contributed by atoms with van der Waals surface area (Å²) in [5.74, 6) is 0.444. The van der Waals surface area contributed by atoms with Gasteiger partial charge in [0.25, 0.3) is 0 Å². The normalized spacial score (nSPS) is 12.1. The van der Waals surface area contributed by atoms with Gasteiger partial charge in [-0.1, -0.05) is 13.8 Å². The molecule has 0 saturated heterocycles. The molecule has 0 radical (unpaired) electrons. The van der Waals surface area contributed by atoms with Gasteiger partial charge in [0.05, 0.1) is 13.3 Å². The highest BCUT2D eigenvalue weighted by atomic mass is 35.5. The molecule has 5 heteroatoms. The lowest BCUT2D eigenvalue weighted by Gasteiger charge is -2.15. The Balaban J connectivity index is 0. The van der Waals surface area contributed by atoms with Crippen LogP contribution in [-0.4, -0.2) is 25.8 Å². The summed E-state index contributed by atoms with van der Waals surface area (Å²) in [6.07, 6.45) is 1.55. The van der Waals surface area contributed by atoms with Crippen molar-refractivity contribution in [2.75, 3.05) is 19.8 Å². The Morgan fingerprint density at radius 3 is 2.50 bits per heavy atom. The van der Waals surface area contributed by atoms with Gasteiger partial charge >= 0.3 is 5.97 Å². The van der Waals surface area contributed by atoms with Crippen molar-refractivity contribution >= 4 is 18.4 Å². The summed E-state index contributed by atoms with van der Waals surface area (Å²) in [6.45, 7) is 4.42. The van der Waals surface area contributed by atoms with E-state index >= 15 is 0 Å².